The number of nitrogens with two attached hydrogens (primary N) is 1. The maximum absolute atomic E-state index is 11.9. The number of nitrogens with zero attached hydrogens (tertiary/aromatic N) is 1. The van der Waals surface area contributed by atoms with Gasteiger partial charge in [0.15, 0.2) is 5.13 Å². The van der Waals surface area contributed by atoms with E-state index >= 15 is 0 Å². The first-order valence-corrected chi connectivity index (χ1v) is 8.40. The molecule has 2 amide bonds. The Morgan fingerprint density at radius 1 is 1.45 bits per heavy atom. The fourth-order valence-electron chi connectivity index (χ4n) is 1.30. The van der Waals surface area contributed by atoms with Crippen molar-refractivity contribution >= 4 is 63.0 Å². The van der Waals surface area contributed by atoms with Gasteiger partial charge in [0, 0.05) is 0 Å². The Kier molecular flexibility index (Phi) is 5.03. The summed E-state index contributed by atoms with van der Waals surface area (Å²) in [5.41, 5.74) is 5.86. The zero-order valence-corrected chi connectivity index (χ0v) is 13.5. The van der Waals surface area contributed by atoms with E-state index < -0.39 is 0 Å². The molecule has 106 valence electrons. The first-order chi connectivity index (χ1) is 9.45. The number of primary amides is 1. The molecule has 0 spiro atoms. The van der Waals surface area contributed by atoms with Gasteiger partial charge in [-0.15, -0.1) is 23.1 Å². The standard InChI is InChI=1S/C11H10ClN3O2S3/c1-5-10(18-4-8(13)16)20-11(14-5)15-9(17)6-2-3-7(12)19-6/h2-3H,4H2,1H3,(H2,13,16)(H,14,15,17). The van der Waals surface area contributed by atoms with Crippen molar-refractivity contribution in [2.45, 2.75) is 11.1 Å². The normalized spacial score (nSPS) is 10.5. The Morgan fingerprint density at radius 3 is 2.80 bits per heavy atom. The number of thiophene rings is 1. The first-order valence-electron chi connectivity index (χ1n) is 5.41. The molecule has 0 aliphatic heterocycles. The largest absolute Gasteiger partial charge is 0.369 e. The van der Waals surface area contributed by atoms with Gasteiger partial charge in [-0.1, -0.05) is 22.9 Å². The number of aromatic nitrogens is 1. The molecule has 0 aromatic carbocycles. The lowest BCUT2D eigenvalue weighted by molar-refractivity contribution is -0.115. The Hall–Kier alpha value is -1.09. The highest BCUT2D eigenvalue weighted by molar-refractivity contribution is 8.01. The van der Waals surface area contributed by atoms with E-state index in [1.54, 1.807) is 12.1 Å². The fourth-order valence-corrected chi connectivity index (χ4v) is 4.11. The van der Waals surface area contributed by atoms with Crippen LogP contribution in [0.15, 0.2) is 16.3 Å². The third kappa shape index (κ3) is 3.95. The van der Waals surface area contributed by atoms with Crippen molar-refractivity contribution in [2.75, 3.05) is 11.1 Å². The van der Waals surface area contributed by atoms with Crippen molar-refractivity contribution in [2.24, 2.45) is 5.73 Å². The van der Waals surface area contributed by atoms with Gasteiger partial charge in [-0.25, -0.2) is 4.98 Å². The summed E-state index contributed by atoms with van der Waals surface area (Å²) in [6, 6.07) is 3.33. The number of rotatable bonds is 5. The number of anilines is 1. The molecular weight excluding hydrogens is 338 g/mol. The molecule has 9 heteroatoms. The minimum atomic E-state index is -0.387. The topological polar surface area (TPSA) is 85.1 Å². The van der Waals surface area contributed by atoms with E-state index in [4.69, 9.17) is 17.3 Å². The molecule has 0 saturated heterocycles. The van der Waals surface area contributed by atoms with Gasteiger partial charge in [-0.3, -0.25) is 14.9 Å². The number of hydrogen-bond acceptors (Lipinski definition) is 6. The molecule has 3 N–H and O–H groups in total. The molecule has 0 saturated carbocycles. The number of thiazole rings is 1. The average Bonchev–Trinajstić information content (AvgIpc) is 2.93. The second kappa shape index (κ2) is 6.57. The van der Waals surface area contributed by atoms with Crippen LogP contribution in [0.4, 0.5) is 5.13 Å². The quantitative estimate of drug-likeness (QED) is 0.814. The maximum Gasteiger partial charge on any atom is 0.267 e. The number of carbonyl (C=O) groups is 2. The molecule has 2 rings (SSSR count). The van der Waals surface area contributed by atoms with Crippen molar-refractivity contribution < 1.29 is 9.59 Å². The van der Waals surface area contributed by atoms with Gasteiger partial charge in [-0.05, 0) is 19.1 Å². The van der Waals surface area contributed by atoms with E-state index in [9.17, 15) is 9.59 Å². The summed E-state index contributed by atoms with van der Waals surface area (Å²) in [6.07, 6.45) is 0. The van der Waals surface area contributed by atoms with Crippen LogP contribution in [0, 0.1) is 6.92 Å². The zero-order valence-electron chi connectivity index (χ0n) is 10.3. The highest BCUT2D eigenvalue weighted by Gasteiger charge is 2.14. The van der Waals surface area contributed by atoms with Crippen molar-refractivity contribution in [1.82, 2.24) is 4.98 Å². The zero-order chi connectivity index (χ0) is 14.7. The van der Waals surface area contributed by atoms with Crippen LogP contribution >= 0.6 is 46.0 Å². The second-order valence-electron chi connectivity index (χ2n) is 3.70. The van der Waals surface area contributed by atoms with Gasteiger partial charge >= 0.3 is 0 Å². The lowest BCUT2D eigenvalue weighted by Gasteiger charge is -1.97. The number of halogens is 1. The molecule has 2 aromatic heterocycles. The van der Waals surface area contributed by atoms with Crippen LogP contribution < -0.4 is 11.1 Å². The van der Waals surface area contributed by atoms with E-state index in [1.807, 2.05) is 6.92 Å². The van der Waals surface area contributed by atoms with Crippen molar-refractivity contribution in [3.05, 3.63) is 27.0 Å². The van der Waals surface area contributed by atoms with Crippen molar-refractivity contribution in [3.63, 3.8) is 0 Å². The minimum absolute atomic E-state index is 0.191. The minimum Gasteiger partial charge on any atom is -0.369 e. The number of thioether (sulfide) groups is 1. The van der Waals surface area contributed by atoms with Crippen LogP contribution in [-0.2, 0) is 4.79 Å². The molecule has 5 nitrogen and oxygen atoms in total. The number of amides is 2. The monoisotopic (exact) mass is 347 g/mol. The van der Waals surface area contributed by atoms with Gasteiger partial charge in [0.1, 0.15) is 0 Å². The third-order valence-corrected chi connectivity index (χ3v) is 5.80. The first kappa shape index (κ1) is 15.3. The summed E-state index contributed by atoms with van der Waals surface area (Å²) in [6.45, 7) is 1.82. The van der Waals surface area contributed by atoms with Crippen molar-refractivity contribution in [1.29, 1.82) is 0 Å². The Morgan fingerprint density at radius 2 is 2.20 bits per heavy atom. The molecule has 0 aliphatic carbocycles. The van der Waals surface area contributed by atoms with E-state index in [0.29, 0.717) is 14.3 Å². The summed E-state index contributed by atoms with van der Waals surface area (Å²) in [5, 5.41) is 3.20. The smallest absolute Gasteiger partial charge is 0.267 e. The molecule has 0 fully saturated rings. The van der Waals surface area contributed by atoms with Gasteiger partial charge < -0.3 is 5.73 Å². The predicted molar refractivity (Wildman–Crippen MR) is 84.1 cm³/mol. The van der Waals surface area contributed by atoms with Gasteiger partial charge in [0.2, 0.25) is 5.91 Å². The maximum atomic E-state index is 11.9. The number of nitrogens with one attached hydrogen (secondary N) is 1. The van der Waals surface area contributed by atoms with Crippen LogP contribution in [0.5, 0.6) is 0 Å². The van der Waals surface area contributed by atoms with Crippen LogP contribution in [-0.4, -0.2) is 22.6 Å². The Labute approximate surface area is 132 Å². The number of aryl methyl sites for hydroxylation is 1. The molecule has 0 unspecified atom stereocenters. The van der Waals surface area contributed by atoms with Gasteiger partial charge in [-0.2, -0.15) is 0 Å². The average molecular weight is 348 g/mol. The van der Waals surface area contributed by atoms with E-state index in [2.05, 4.69) is 10.3 Å². The SMILES string of the molecule is Cc1nc(NC(=O)c2ccc(Cl)s2)sc1SCC(N)=O. The summed E-state index contributed by atoms with van der Waals surface area (Å²) in [5.74, 6) is -0.444. The van der Waals surface area contributed by atoms with Crippen LogP contribution in [0.3, 0.4) is 0 Å². The summed E-state index contributed by atoms with van der Waals surface area (Å²) in [7, 11) is 0. The van der Waals surface area contributed by atoms with E-state index in [-0.39, 0.29) is 17.6 Å². The van der Waals surface area contributed by atoms with Crippen LogP contribution in [0.2, 0.25) is 4.34 Å². The van der Waals surface area contributed by atoms with E-state index in [0.717, 1.165) is 9.90 Å². The molecule has 0 aliphatic rings. The molecule has 2 aromatic rings. The molecular formula is C11H10ClN3O2S3. The lowest BCUT2D eigenvalue weighted by Crippen LogP contribution is -2.12. The van der Waals surface area contributed by atoms with Crippen molar-refractivity contribution in [3.8, 4) is 0 Å². The Bertz CT molecular complexity index is 653. The summed E-state index contributed by atoms with van der Waals surface area (Å²) >= 11 is 9.62. The molecule has 0 atom stereocenters. The summed E-state index contributed by atoms with van der Waals surface area (Å²) < 4.78 is 1.42. The lowest BCUT2D eigenvalue weighted by atomic mass is 10.4. The van der Waals surface area contributed by atoms with Gasteiger partial charge in [0.25, 0.3) is 5.91 Å². The molecule has 0 bridgehead atoms. The highest BCUT2D eigenvalue weighted by Crippen LogP contribution is 2.32. The fraction of sp³-hybridized carbons (Fsp3) is 0.182. The number of carbonyl (C=O) groups excluding carboxylic acids is 2. The second-order valence-corrected chi connectivity index (χ2v) is 7.66. The molecule has 2 heterocycles. The number of hydrogen-bond donors (Lipinski definition) is 2. The summed E-state index contributed by atoms with van der Waals surface area (Å²) in [4.78, 5) is 27.5. The van der Waals surface area contributed by atoms with Gasteiger partial charge in [0.05, 0.1) is 24.9 Å². The van der Waals surface area contributed by atoms with Crippen LogP contribution in [0.1, 0.15) is 15.4 Å². The van der Waals surface area contributed by atoms with E-state index in [1.165, 1.54) is 34.4 Å². The van der Waals surface area contributed by atoms with Crippen LogP contribution in [0.25, 0.3) is 0 Å². The molecule has 0 radical (unpaired) electrons. The predicted octanol–water partition coefficient (Wildman–Crippen LogP) is 3.00. The highest BCUT2D eigenvalue weighted by atomic mass is 35.5. The Balaban J connectivity index is 2.05. The molecule has 20 heavy (non-hydrogen) atoms. The third-order valence-electron chi connectivity index (χ3n) is 2.12.